The average molecular weight is 770 g/mol. The van der Waals surface area contributed by atoms with Gasteiger partial charge in [-0.1, -0.05) is 183 Å². The second-order valence-electron chi connectivity index (χ2n) is 14.0. The maximum Gasteiger partial charge on any atom is 0.0633 e. The Morgan fingerprint density at radius 2 is 0.793 bits per heavy atom. The van der Waals surface area contributed by atoms with Crippen molar-refractivity contribution >= 4 is 75.4 Å². The van der Waals surface area contributed by atoms with E-state index in [-0.39, 0.29) is 10.8 Å². The Bertz CT molecular complexity index is 5580. The molecule has 0 bridgehead atoms. The van der Waals surface area contributed by atoms with E-state index in [0.717, 1.165) is 6.92 Å². The quantitative estimate of drug-likeness (QED) is 0.157. The van der Waals surface area contributed by atoms with Crippen LogP contribution in [0.1, 0.15) is 78.4 Å². The molecule has 0 aromatic heterocycles. The number of benzene rings is 12. The molecule has 0 heterocycles. The summed E-state index contributed by atoms with van der Waals surface area (Å²) in [6.07, 6.45) is 0. The van der Waals surface area contributed by atoms with Crippen LogP contribution in [0, 0.1) is 6.92 Å². The summed E-state index contributed by atoms with van der Waals surface area (Å²) in [7, 11) is 0. The molecule has 1 aliphatic rings. The minimum atomic E-state index is -4.03. The molecule has 0 fully saturated rings. The van der Waals surface area contributed by atoms with E-state index in [1.807, 2.05) is 0 Å². The van der Waals surface area contributed by atoms with Gasteiger partial charge in [0.25, 0.3) is 0 Å². The lowest BCUT2D eigenvalue weighted by molar-refractivity contribution is 0.656. The molecular weight excluding hydrogens is 697 g/mol. The van der Waals surface area contributed by atoms with E-state index in [4.69, 9.17) is 16.4 Å². The fourth-order valence-corrected chi connectivity index (χ4v) is 8.44. The Morgan fingerprint density at radius 3 is 1.40 bits per heavy atom. The van der Waals surface area contributed by atoms with Crippen molar-refractivity contribution in [2.75, 3.05) is 0 Å². The molecule has 0 unspecified atom stereocenters. The van der Waals surface area contributed by atoms with Crippen LogP contribution in [0.3, 0.4) is 0 Å². The van der Waals surface area contributed by atoms with Gasteiger partial charge in [0.1, 0.15) is 0 Å². The fraction of sp³-hybridized carbons (Fsp3) is 0.0690. The van der Waals surface area contributed by atoms with Gasteiger partial charge >= 0.3 is 0 Å². The van der Waals surface area contributed by atoms with Crippen LogP contribution in [-0.4, -0.2) is 0 Å². The van der Waals surface area contributed by atoms with Crippen molar-refractivity contribution in [3.8, 4) is 44.5 Å². The van der Waals surface area contributed by atoms with E-state index in [9.17, 15) is 31.5 Å². The van der Waals surface area contributed by atoms with Crippen LogP contribution in [0.4, 0.5) is 0 Å². The Labute approximate surface area is 386 Å². The van der Waals surface area contributed by atoms with Crippen molar-refractivity contribution in [2.24, 2.45) is 0 Å². The molecule has 0 saturated heterocycles. The molecule has 0 aliphatic heterocycles. The van der Waals surface area contributed by atoms with Crippen LogP contribution in [0.5, 0.6) is 0 Å². The molecule has 0 saturated carbocycles. The monoisotopic (exact) mass is 770 g/mol. The van der Waals surface area contributed by atoms with Crippen LogP contribution in [0.25, 0.3) is 120 Å². The predicted octanol–water partition coefficient (Wildman–Crippen LogP) is 16.3. The van der Waals surface area contributed by atoms with Gasteiger partial charge in [0.15, 0.2) is 0 Å². The highest BCUT2D eigenvalue weighted by Crippen LogP contribution is 2.54. The van der Waals surface area contributed by atoms with Crippen LogP contribution >= 0.6 is 0 Å². The Hall–Kier alpha value is -7.02. The molecule has 1 aliphatic carbocycles. The summed E-state index contributed by atoms with van der Waals surface area (Å²) in [6, 6.07) is -27.6. The molecule has 12 aromatic carbocycles. The van der Waals surface area contributed by atoms with Crippen molar-refractivity contribution in [2.45, 2.75) is 26.0 Å². The average Bonchev–Trinajstić information content (AvgIpc) is 1.56. The van der Waals surface area contributed by atoms with Gasteiger partial charge in [0.05, 0.1) is 39.8 Å². The molecule has 12 aromatic rings. The lowest BCUT2D eigenvalue weighted by Gasteiger charge is -2.26. The van der Waals surface area contributed by atoms with E-state index in [0.29, 0.717) is 0 Å². The number of hydrogen-bond acceptors (Lipinski definition) is 0. The fourth-order valence-electron chi connectivity index (χ4n) is 8.44. The van der Waals surface area contributed by atoms with Gasteiger partial charge in [-0.3, -0.25) is 0 Å². The maximum atomic E-state index is 10.2. The number of rotatable bonds is 3. The zero-order valence-electron chi connectivity index (χ0n) is 64.5. The van der Waals surface area contributed by atoms with Gasteiger partial charge in [-0.25, -0.2) is 0 Å². The van der Waals surface area contributed by atoms with Crippen molar-refractivity contribution in [1.29, 1.82) is 0 Å². The zero-order chi connectivity index (χ0) is 68.7. The zero-order valence-corrected chi connectivity index (χ0v) is 29.5. The summed E-state index contributed by atoms with van der Waals surface area (Å²) in [5, 5.41) is -7.42. The summed E-state index contributed by atoms with van der Waals surface area (Å²) in [5.74, 6) is 0. The van der Waals surface area contributed by atoms with E-state index < -0.39 is 320 Å². The van der Waals surface area contributed by atoms with E-state index >= 15 is 0 Å². The highest BCUT2D eigenvalue weighted by Gasteiger charge is 2.38. The first kappa shape index (κ1) is 13.3. The van der Waals surface area contributed by atoms with Gasteiger partial charge in [0, 0.05) is 13.6 Å². The van der Waals surface area contributed by atoms with Gasteiger partial charge < -0.3 is 0 Å². The SMILES string of the molecule is [2H]c1c([2H])c2c(c([2H])c1-c1c([2H])c([2H])c3c([2H])c([2H])c4c([2H])c([2H])c([2H])c5c([2H])c([2H])c1c3c45)C(C([2H])([2H])[2H])(C([2H])([2H])[2H])c1c(C)c(-c3c([2H])c([2H])c(-c4c([2H])c([2H])c5c([2H])c([2H])c6c([2H])c([2H])c([2H])c7c([2H])c([2H])c4c5c67)c4c([2H])c([2H])c([2H])c([2H])c34)c([2H])c([2H])c1-2. The molecule has 58 heavy (non-hydrogen) atoms. The minimum Gasteiger partial charge on any atom is -0.0616 e. The first-order valence-corrected chi connectivity index (χ1v) is 17.8. The molecule has 270 valence electrons. The predicted molar refractivity (Wildman–Crippen MR) is 250 cm³/mol. The molecule has 0 amide bonds. The van der Waals surface area contributed by atoms with Gasteiger partial charge in [-0.15, -0.1) is 0 Å². The largest absolute Gasteiger partial charge is 0.0633 e. The van der Waals surface area contributed by atoms with E-state index in [2.05, 4.69) is 0 Å². The van der Waals surface area contributed by atoms with Gasteiger partial charge in [-0.05, 0) is 150 Å². The van der Waals surface area contributed by atoms with Crippen molar-refractivity contribution in [1.82, 2.24) is 0 Å². The van der Waals surface area contributed by atoms with Gasteiger partial charge in [-0.2, -0.15) is 0 Å². The standard InChI is InChI=1S/C58H38/c1-33-41(45-29-30-46(44-13-5-4-12-43(44)45)47-24-19-39-17-15-35-9-7-11-37-21-27-50(47)56(39)54(35)37)28-31-51-48-25-22-40(32-52(48)58(2,3)57(33)51)42-23-18-38-16-14-34-8-6-10-36-20-26-49(42)55(38)53(34)36/h4-32H,1-3H3/i2D3,3D3,4D,5D,6D,7D,8D,9D,10D,11D,12D,13D,14D,15D,16D,17D,18D,19D,20D,21D,22D,23D,24D,25D,26D,27D,28D,29D,30D,31D,32D. The molecule has 0 N–H and O–H groups in total. The normalized spacial score (nSPS) is 22.5. The molecule has 0 spiro atoms. The van der Waals surface area contributed by atoms with E-state index in [1.54, 1.807) is 0 Å². The first-order valence-electron chi connectivity index (χ1n) is 35.2. The molecule has 0 heteroatoms. The molecule has 0 radical (unpaired) electrons. The summed E-state index contributed by atoms with van der Waals surface area (Å²) >= 11 is 0. The highest BCUT2D eigenvalue weighted by molar-refractivity contribution is 6.27. The molecule has 13 rings (SSSR count). The van der Waals surface area contributed by atoms with Gasteiger partial charge in [0.2, 0.25) is 0 Å². The summed E-state index contributed by atoms with van der Waals surface area (Å²) in [5.41, 5.74) is -13.4. The van der Waals surface area contributed by atoms with Crippen LogP contribution in [0.2, 0.25) is 0 Å². The third kappa shape index (κ3) is 4.14. The Balaban J connectivity index is 1.20. The molecule has 0 atom stereocenters. The molecular formula is C58H38. The number of fused-ring (bicyclic) bond motifs is 4. The topological polar surface area (TPSA) is 0 Å². The smallest absolute Gasteiger partial charge is 0.0616 e. The molecule has 0 nitrogen and oxygen atoms in total. The Morgan fingerprint density at radius 1 is 0.362 bits per heavy atom. The third-order valence-electron chi connectivity index (χ3n) is 11.0. The van der Waals surface area contributed by atoms with Crippen molar-refractivity contribution in [3.05, 3.63) is 192 Å². The van der Waals surface area contributed by atoms with E-state index in [1.165, 1.54) is 0 Å². The second kappa shape index (κ2) is 11.3. The van der Waals surface area contributed by atoms with Crippen molar-refractivity contribution in [3.63, 3.8) is 0 Å². The number of hydrogen-bond donors (Lipinski definition) is 0. The summed E-state index contributed by atoms with van der Waals surface area (Å²) in [4.78, 5) is 0. The van der Waals surface area contributed by atoms with Crippen LogP contribution in [0.15, 0.2) is 175 Å². The second-order valence-corrected chi connectivity index (χ2v) is 14.0. The Kier molecular flexibility index (Phi) is 2.59. The minimum absolute atomic E-state index is 0.342. The maximum absolute atomic E-state index is 10.2. The third-order valence-corrected chi connectivity index (χ3v) is 11.0. The van der Waals surface area contributed by atoms with Crippen LogP contribution < -0.4 is 0 Å². The summed E-state index contributed by atoms with van der Waals surface area (Å²) in [6.45, 7) is -7.06. The first-order chi connectivity index (χ1) is 43.1. The van der Waals surface area contributed by atoms with Crippen molar-refractivity contribution < 1.29 is 48.0 Å². The highest BCUT2D eigenvalue weighted by atomic mass is 14.4. The summed E-state index contributed by atoms with van der Waals surface area (Å²) < 4.78 is 326. The lowest BCUT2D eigenvalue weighted by atomic mass is 9.77. The lowest BCUT2D eigenvalue weighted by Crippen LogP contribution is -2.17. The van der Waals surface area contributed by atoms with Crippen LogP contribution in [-0.2, 0) is 5.41 Å².